The first-order valence-electron chi connectivity index (χ1n) is 5.21. The van der Waals surface area contributed by atoms with Crippen molar-refractivity contribution < 1.29 is 5.11 Å². The van der Waals surface area contributed by atoms with Crippen molar-refractivity contribution in [2.75, 3.05) is 5.32 Å². The molecule has 0 saturated carbocycles. The first-order chi connectivity index (χ1) is 7.45. The van der Waals surface area contributed by atoms with Crippen LogP contribution in [-0.2, 0) is 0 Å². The molecule has 1 aromatic rings. The maximum atomic E-state index is 10.0. The molecule has 0 aliphatic carbocycles. The van der Waals surface area contributed by atoms with Gasteiger partial charge in [-0.25, -0.2) is 0 Å². The van der Waals surface area contributed by atoms with Crippen molar-refractivity contribution in [2.24, 2.45) is 5.73 Å². The third-order valence-corrected chi connectivity index (χ3v) is 3.08. The Kier molecular flexibility index (Phi) is 2.38. The number of fused-ring (bicyclic) bond motifs is 1. The Morgan fingerprint density at radius 2 is 2.19 bits per heavy atom. The fourth-order valence-corrected chi connectivity index (χ4v) is 2.06. The summed E-state index contributed by atoms with van der Waals surface area (Å²) in [7, 11) is 0. The quantitative estimate of drug-likeness (QED) is 0.608. The Balaban J connectivity index is 2.52. The van der Waals surface area contributed by atoms with E-state index in [4.69, 9.17) is 11.0 Å². The van der Waals surface area contributed by atoms with Gasteiger partial charge < -0.3 is 16.2 Å². The van der Waals surface area contributed by atoms with Crippen molar-refractivity contribution in [3.63, 3.8) is 0 Å². The second kappa shape index (κ2) is 3.48. The predicted octanol–water partition coefficient (Wildman–Crippen LogP) is 1.12. The number of hydrogen-bond donors (Lipinski definition) is 3. The van der Waals surface area contributed by atoms with E-state index in [-0.39, 0.29) is 0 Å². The van der Waals surface area contributed by atoms with Gasteiger partial charge in [0.05, 0.1) is 29.3 Å². The molecule has 4 heteroatoms. The monoisotopic (exact) mass is 217 g/mol. The van der Waals surface area contributed by atoms with Crippen molar-refractivity contribution in [3.05, 3.63) is 29.3 Å². The van der Waals surface area contributed by atoms with Crippen LogP contribution in [0.25, 0.3) is 0 Å². The Labute approximate surface area is 94.7 Å². The van der Waals surface area contributed by atoms with Crippen molar-refractivity contribution in [1.29, 1.82) is 5.26 Å². The zero-order valence-electron chi connectivity index (χ0n) is 9.36. The number of rotatable bonds is 0. The van der Waals surface area contributed by atoms with E-state index in [2.05, 4.69) is 11.4 Å². The van der Waals surface area contributed by atoms with E-state index in [0.717, 1.165) is 11.3 Å². The van der Waals surface area contributed by atoms with Gasteiger partial charge in [0.2, 0.25) is 0 Å². The van der Waals surface area contributed by atoms with E-state index in [1.54, 1.807) is 12.1 Å². The minimum absolute atomic E-state index is 0.458. The van der Waals surface area contributed by atoms with Gasteiger partial charge in [-0.15, -0.1) is 0 Å². The number of nitrogens with zero attached hydrogens (tertiary/aromatic N) is 1. The Morgan fingerprint density at radius 1 is 1.50 bits per heavy atom. The smallest absolute Gasteiger partial charge is 0.0991 e. The highest BCUT2D eigenvalue weighted by molar-refractivity contribution is 5.60. The van der Waals surface area contributed by atoms with Gasteiger partial charge in [0.25, 0.3) is 0 Å². The number of anilines is 1. The van der Waals surface area contributed by atoms with E-state index in [1.807, 2.05) is 19.9 Å². The van der Waals surface area contributed by atoms with Crippen LogP contribution in [0.3, 0.4) is 0 Å². The summed E-state index contributed by atoms with van der Waals surface area (Å²) in [4.78, 5) is 0. The molecule has 0 spiro atoms. The van der Waals surface area contributed by atoms with Gasteiger partial charge in [0, 0.05) is 5.69 Å². The minimum atomic E-state index is -0.672. The number of nitrogens with two attached hydrogens (primary N) is 1. The molecule has 0 saturated heterocycles. The van der Waals surface area contributed by atoms with Gasteiger partial charge in [-0.05, 0) is 37.6 Å². The van der Waals surface area contributed by atoms with E-state index in [9.17, 15) is 5.11 Å². The summed E-state index contributed by atoms with van der Waals surface area (Å²) < 4.78 is 0. The summed E-state index contributed by atoms with van der Waals surface area (Å²) in [6.07, 6.45) is -0.672. The Morgan fingerprint density at radius 3 is 2.81 bits per heavy atom. The van der Waals surface area contributed by atoms with Crippen LogP contribution >= 0.6 is 0 Å². The van der Waals surface area contributed by atoms with E-state index in [0.29, 0.717) is 5.56 Å². The summed E-state index contributed by atoms with van der Waals surface area (Å²) in [6, 6.07) is 6.91. The van der Waals surface area contributed by atoms with Crippen LogP contribution in [-0.4, -0.2) is 16.7 Å². The lowest BCUT2D eigenvalue weighted by molar-refractivity contribution is 0.0830. The summed E-state index contributed by atoms with van der Waals surface area (Å²) >= 11 is 0. The number of aliphatic hydroxyl groups excluding tert-OH is 1. The second-order valence-corrected chi connectivity index (χ2v) is 4.73. The molecule has 2 rings (SSSR count). The summed E-state index contributed by atoms with van der Waals surface area (Å²) in [5, 5.41) is 22.1. The lowest BCUT2D eigenvalue weighted by atomic mass is 9.82. The maximum absolute atomic E-state index is 10.0. The summed E-state index contributed by atoms with van der Waals surface area (Å²) in [5.74, 6) is 0. The first kappa shape index (κ1) is 10.9. The molecule has 1 aliphatic rings. The molecular formula is C12H15N3O. The van der Waals surface area contributed by atoms with Gasteiger partial charge in [-0.1, -0.05) is 0 Å². The predicted molar refractivity (Wildman–Crippen MR) is 61.8 cm³/mol. The molecule has 0 amide bonds. The standard InChI is InChI=1S/C12H15N3O/c1-12(2)11(16)10(14)8-5-7(6-13)3-4-9(8)15-12/h3-5,10-11,15-16H,14H2,1-2H3. The molecule has 1 aliphatic heterocycles. The zero-order valence-corrected chi connectivity index (χ0v) is 9.36. The highest BCUT2D eigenvalue weighted by Crippen LogP contribution is 2.36. The third kappa shape index (κ3) is 1.54. The highest BCUT2D eigenvalue weighted by Gasteiger charge is 2.38. The molecule has 0 radical (unpaired) electrons. The van der Waals surface area contributed by atoms with Gasteiger partial charge in [0.15, 0.2) is 0 Å². The normalized spacial score (nSPS) is 26.4. The van der Waals surface area contributed by atoms with Crippen molar-refractivity contribution in [1.82, 2.24) is 0 Å². The van der Waals surface area contributed by atoms with E-state index in [1.165, 1.54) is 0 Å². The van der Waals surface area contributed by atoms with Gasteiger partial charge in [-0.3, -0.25) is 0 Å². The molecule has 0 bridgehead atoms. The molecule has 1 aromatic carbocycles. The van der Waals surface area contributed by atoms with Crippen LogP contribution < -0.4 is 11.1 Å². The molecular weight excluding hydrogens is 202 g/mol. The number of benzene rings is 1. The molecule has 4 nitrogen and oxygen atoms in total. The lowest BCUT2D eigenvalue weighted by Gasteiger charge is -2.42. The number of hydrogen-bond acceptors (Lipinski definition) is 4. The third-order valence-electron chi connectivity index (χ3n) is 3.08. The van der Waals surface area contributed by atoms with Crippen molar-refractivity contribution in [3.8, 4) is 6.07 Å². The minimum Gasteiger partial charge on any atom is -0.389 e. The van der Waals surface area contributed by atoms with Crippen LogP contribution in [0, 0.1) is 11.3 Å². The topological polar surface area (TPSA) is 82.1 Å². The molecule has 1 heterocycles. The fourth-order valence-electron chi connectivity index (χ4n) is 2.06. The Hall–Kier alpha value is -1.57. The molecule has 84 valence electrons. The molecule has 0 aromatic heterocycles. The average Bonchev–Trinajstić information content (AvgIpc) is 2.25. The van der Waals surface area contributed by atoms with Gasteiger partial charge in [-0.2, -0.15) is 5.26 Å². The van der Waals surface area contributed by atoms with Gasteiger partial charge >= 0.3 is 0 Å². The highest BCUT2D eigenvalue weighted by atomic mass is 16.3. The molecule has 2 atom stereocenters. The number of aliphatic hydroxyl groups is 1. The summed E-state index contributed by atoms with van der Waals surface area (Å²) in [6.45, 7) is 3.80. The largest absolute Gasteiger partial charge is 0.389 e. The SMILES string of the molecule is CC1(C)Nc2ccc(C#N)cc2C(N)C1O. The van der Waals surface area contributed by atoms with Crippen LogP contribution in [0.5, 0.6) is 0 Å². The number of nitrogens with one attached hydrogen (secondary N) is 1. The molecule has 0 fully saturated rings. The molecule has 4 N–H and O–H groups in total. The van der Waals surface area contributed by atoms with Crippen molar-refractivity contribution in [2.45, 2.75) is 31.5 Å². The second-order valence-electron chi connectivity index (χ2n) is 4.73. The zero-order chi connectivity index (χ0) is 11.9. The fraction of sp³-hybridized carbons (Fsp3) is 0.417. The lowest BCUT2D eigenvalue weighted by Crippen LogP contribution is -2.52. The summed E-state index contributed by atoms with van der Waals surface area (Å²) in [5.41, 5.74) is 7.78. The first-order valence-corrected chi connectivity index (χ1v) is 5.21. The average molecular weight is 217 g/mol. The van der Waals surface area contributed by atoms with Crippen molar-refractivity contribution >= 4 is 5.69 Å². The van der Waals surface area contributed by atoms with Crippen LogP contribution in [0.4, 0.5) is 5.69 Å². The van der Waals surface area contributed by atoms with Crippen LogP contribution in [0.1, 0.15) is 31.0 Å². The van der Waals surface area contributed by atoms with E-state index >= 15 is 0 Å². The molecule has 16 heavy (non-hydrogen) atoms. The Bertz CT molecular complexity index is 462. The van der Waals surface area contributed by atoms with E-state index < -0.39 is 17.7 Å². The number of nitriles is 1. The molecule has 2 unspecified atom stereocenters. The van der Waals surface area contributed by atoms with Crippen LogP contribution in [0.15, 0.2) is 18.2 Å². The van der Waals surface area contributed by atoms with Gasteiger partial charge in [0.1, 0.15) is 0 Å². The van der Waals surface area contributed by atoms with Crippen LogP contribution in [0.2, 0.25) is 0 Å². The maximum Gasteiger partial charge on any atom is 0.0991 e.